The number of likely N-dealkylation sites (N-methyl/N-ethyl adjacent to an activating group) is 1. The summed E-state index contributed by atoms with van der Waals surface area (Å²) in [6.45, 7) is 0.553. The Bertz CT molecular complexity index is 775. The molecule has 0 amide bonds. The highest BCUT2D eigenvalue weighted by Crippen LogP contribution is 2.32. The molecule has 0 N–H and O–H groups in total. The molecule has 2 aromatic rings. The zero-order valence-electron chi connectivity index (χ0n) is 11.7. The lowest BCUT2D eigenvalue weighted by molar-refractivity contribution is 0.0799. The molecule has 0 radical (unpaired) electrons. The Morgan fingerprint density at radius 1 is 1.27 bits per heavy atom. The first-order chi connectivity index (χ1) is 10.5. The lowest BCUT2D eigenvalue weighted by atomic mass is 10.2. The minimum atomic E-state index is -3.51. The van der Waals surface area contributed by atoms with Crippen LogP contribution in [0, 0.1) is 0 Å². The number of benzene rings is 1. The predicted octanol–water partition coefficient (Wildman–Crippen LogP) is 2.97. The first-order valence-corrected chi connectivity index (χ1v) is 9.62. The van der Waals surface area contributed by atoms with E-state index in [1.165, 1.54) is 15.6 Å². The molecule has 1 aliphatic rings. The molecule has 0 spiro atoms. The van der Waals surface area contributed by atoms with Crippen LogP contribution in [0.1, 0.15) is 0 Å². The van der Waals surface area contributed by atoms with E-state index in [4.69, 9.17) is 9.47 Å². The summed E-state index contributed by atoms with van der Waals surface area (Å²) in [5.74, 6) is 1.33. The number of fused-ring (bicyclic) bond motifs is 1. The predicted molar refractivity (Wildman–Crippen MR) is 88.2 cm³/mol. The minimum absolute atomic E-state index is 0.228. The third kappa shape index (κ3) is 3.15. The van der Waals surface area contributed by atoms with Crippen LogP contribution in [-0.4, -0.2) is 39.0 Å². The van der Waals surface area contributed by atoms with E-state index in [1.54, 1.807) is 19.2 Å². The van der Waals surface area contributed by atoms with E-state index in [9.17, 15) is 8.42 Å². The van der Waals surface area contributed by atoms with Gasteiger partial charge >= 0.3 is 0 Å². The van der Waals surface area contributed by atoms with Crippen LogP contribution in [0.15, 0.2) is 44.4 Å². The Hall–Kier alpha value is -1.09. The third-order valence-corrected chi connectivity index (χ3v) is 7.16. The van der Waals surface area contributed by atoms with Gasteiger partial charge in [0.1, 0.15) is 16.9 Å². The molecule has 8 heteroatoms. The van der Waals surface area contributed by atoms with Crippen molar-refractivity contribution in [3.8, 4) is 11.5 Å². The van der Waals surface area contributed by atoms with Crippen LogP contribution in [0.5, 0.6) is 11.5 Å². The molecule has 0 aliphatic carbocycles. The fourth-order valence-corrected chi connectivity index (χ4v) is 5.55. The Morgan fingerprint density at radius 3 is 2.68 bits per heavy atom. The number of thiophene rings is 1. The van der Waals surface area contributed by atoms with Crippen molar-refractivity contribution in [2.45, 2.75) is 10.3 Å². The van der Waals surface area contributed by atoms with Gasteiger partial charge < -0.3 is 9.47 Å². The second-order valence-electron chi connectivity index (χ2n) is 4.84. The summed E-state index contributed by atoms with van der Waals surface area (Å²) in [6, 6.07) is 10.7. The molecule has 118 valence electrons. The maximum Gasteiger partial charge on any atom is 0.252 e. The highest BCUT2D eigenvalue weighted by atomic mass is 79.9. The summed E-state index contributed by atoms with van der Waals surface area (Å²) in [5, 5.41) is 0. The molecular weight excluding hydrogens is 390 g/mol. The SMILES string of the molecule is CN(C[C@@H]1COc2ccccc2O1)S(=O)(=O)c1ccc(Br)s1. The number of hydrogen-bond donors (Lipinski definition) is 0. The molecule has 1 aromatic heterocycles. The van der Waals surface area contributed by atoms with Crippen LogP contribution in [-0.2, 0) is 10.0 Å². The Kier molecular flexibility index (Phi) is 4.44. The van der Waals surface area contributed by atoms with Gasteiger partial charge in [-0.1, -0.05) is 12.1 Å². The maximum absolute atomic E-state index is 12.5. The smallest absolute Gasteiger partial charge is 0.252 e. The van der Waals surface area contributed by atoms with E-state index in [0.29, 0.717) is 22.3 Å². The number of nitrogens with zero attached hydrogens (tertiary/aromatic N) is 1. The van der Waals surface area contributed by atoms with Gasteiger partial charge in [-0.3, -0.25) is 0 Å². The number of halogens is 1. The number of ether oxygens (including phenoxy) is 2. The van der Waals surface area contributed by atoms with E-state index in [2.05, 4.69) is 15.9 Å². The van der Waals surface area contributed by atoms with E-state index in [-0.39, 0.29) is 12.6 Å². The Balaban J connectivity index is 1.71. The molecule has 0 bridgehead atoms. The van der Waals surface area contributed by atoms with Crippen molar-refractivity contribution in [1.82, 2.24) is 4.31 Å². The zero-order valence-corrected chi connectivity index (χ0v) is 14.9. The van der Waals surface area contributed by atoms with E-state index < -0.39 is 10.0 Å². The van der Waals surface area contributed by atoms with E-state index in [0.717, 1.165) is 3.79 Å². The molecule has 1 atom stereocenters. The van der Waals surface area contributed by atoms with Crippen LogP contribution >= 0.6 is 27.3 Å². The molecule has 5 nitrogen and oxygen atoms in total. The number of rotatable bonds is 4. The van der Waals surface area contributed by atoms with Gasteiger partial charge in [0.2, 0.25) is 0 Å². The molecule has 0 saturated carbocycles. The molecule has 3 rings (SSSR count). The fourth-order valence-electron chi connectivity index (χ4n) is 2.13. The molecule has 22 heavy (non-hydrogen) atoms. The second-order valence-corrected chi connectivity index (χ2v) is 9.58. The van der Waals surface area contributed by atoms with Gasteiger partial charge in [0.05, 0.1) is 10.3 Å². The van der Waals surface area contributed by atoms with Gasteiger partial charge in [0.15, 0.2) is 11.5 Å². The summed E-state index contributed by atoms with van der Waals surface area (Å²) < 4.78 is 38.8. The zero-order chi connectivity index (χ0) is 15.7. The number of para-hydroxylation sites is 2. The lowest BCUT2D eigenvalue weighted by Gasteiger charge is -2.29. The molecule has 0 fully saturated rings. The van der Waals surface area contributed by atoms with Gasteiger partial charge in [0.25, 0.3) is 10.0 Å². The summed E-state index contributed by atoms with van der Waals surface area (Å²) in [7, 11) is -1.96. The first-order valence-electron chi connectivity index (χ1n) is 6.57. The topological polar surface area (TPSA) is 55.8 Å². The van der Waals surface area contributed by atoms with Crippen LogP contribution in [0.2, 0.25) is 0 Å². The normalized spacial score (nSPS) is 17.7. The fraction of sp³-hybridized carbons (Fsp3) is 0.286. The number of sulfonamides is 1. The molecule has 1 aliphatic heterocycles. The third-order valence-electron chi connectivity index (χ3n) is 3.24. The maximum atomic E-state index is 12.5. The van der Waals surface area contributed by atoms with Gasteiger partial charge in [-0.15, -0.1) is 11.3 Å². The summed E-state index contributed by atoms with van der Waals surface area (Å²) in [5.41, 5.74) is 0. The second kappa shape index (κ2) is 6.19. The summed E-state index contributed by atoms with van der Waals surface area (Å²) in [4.78, 5) is 0. The van der Waals surface area contributed by atoms with Crippen molar-refractivity contribution >= 4 is 37.3 Å². The molecule has 0 unspecified atom stereocenters. The van der Waals surface area contributed by atoms with Gasteiger partial charge in [-0.2, -0.15) is 4.31 Å². The molecule has 1 aromatic carbocycles. The van der Waals surface area contributed by atoms with Crippen LogP contribution in [0.4, 0.5) is 0 Å². The largest absolute Gasteiger partial charge is 0.486 e. The Morgan fingerprint density at radius 2 is 2.00 bits per heavy atom. The minimum Gasteiger partial charge on any atom is -0.486 e. The van der Waals surface area contributed by atoms with Crippen molar-refractivity contribution in [3.63, 3.8) is 0 Å². The van der Waals surface area contributed by atoms with Crippen LogP contribution < -0.4 is 9.47 Å². The number of hydrogen-bond acceptors (Lipinski definition) is 5. The first kappa shape index (κ1) is 15.8. The average molecular weight is 404 g/mol. The van der Waals surface area contributed by atoms with Crippen LogP contribution in [0.25, 0.3) is 0 Å². The quantitative estimate of drug-likeness (QED) is 0.787. The lowest BCUT2D eigenvalue weighted by Crippen LogP contribution is -2.41. The van der Waals surface area contributed by atoms with Gasteiger partial charge in [0, 0.05) is 7.05 Å². The monoisotopic (exact) mass is 403 g/mol. The van der Waals surface area contributed by atoms with Crippen molar-refractivity contribution in [1.29, 1.82) is 0 Å². The highest BCUT2D eigenvalue weighted by Gasteiger charge is 2.28. The summed E-state index contributed by atoms with van der Waals surface area (Å²) in [6.07, 6.45) is -0.335. The van der Waals surface area contributed by atoms with E-state index in [1.807, 2.05) is 24.3 Å². The Labute approximate surface area is 141 Å². The van der Waals surface area contributed by atoms with Crippen molar-refractivity contribution < 1.29 is 17.9 Å². The van der Waals surface area contributed by atoms with E-state index >= 15 is 0 Å². The van der Waals surface area contributed by atoms with Crippen molar-refractivity contribution in [2.24, 2.45) is 0 Å². The van der Waals surface area contributed by atoms with Crippen LogP contribution in [0.3, 0.4) is 0 Å². The molecule has 2 heterocycles. The standard InChI is InChI=1S/C14H14BrNO4S2/c1-16(22(17,18)14-7-6-13(15)21-14)8-10-9-19-11-4-2-3-5-12(11)20-10/h2-7,10H,8-9H2,1H3/t10-/m1/s1. The van der Waals surface area contributed by atoms with Crippen molar-refractivity contribution in [3.05, 3.63) is 40.2 Å². The van der Waals surface area contributed by atoms with Gasteiger partial charge in [-0.25, -0.2) is 8.42 Å². The highest BCUT2D eigenvalue weighted by molar-refractivity contribution is 9.11. The molecule has 0 saturated heterocycles. The summed E-state index contributed by atoms with van der Waals surface area (Å²) >= 11 is 4.47. The molecular formula is C14H14BrNO4S2. The van der Waals surface area contributed by atoms with Gasteiger partial charge in [-0.05, 0) is 40.2 Å². The van der Waals surface area contributed by atoms with Crippen molar-refractivity contribution in [2.75, 3.05) is 20.2 Å². The average Bonchev–Trinajstić information content (AvgIpc) is 2.94.